The minimum atomic E-state index is -0.224. The van der Waals surface area contributed by atoms with Gasteiger partial charge < -0.3 is 16.0 Å². The van der Waals surface area contributed by atoms with E-state index in [0.717, 1.165) is 0 Å². The zero-order valence-electron chi connectivity index (χ0n) is 11.3. The molecule has 1 rings (SSSR count). The largest absolute Gasteiger partial charge is 0.397 e. The van der Waals surface area contributed by atoms with Crippen LogP contribution in [0.15, 0.2) is 18.3 Å². The summed E-state index contributed by atoms with van der Waals surface area (Å²) >= 11 is 0. The maximum Gasteiger partial charge on any atom is 0.241 e. The molecule has 0 bridgehead atoms. The summed E-state index contributed by atoms with van der Waals surface area (Å²) in [6, 6.07) is 3.39. The van der Waals surface area contributed by atoms with Crippen LogP contribution in [0.3, 0.4) is 0 Å². The first-order valence-corrected chi connectivity index (χ1v) is 6.31. The molecule has 0 spiro atoms. The molecule has 1 heterocycles. The van der Waals surface area contributed by atoms with E-state index < -0.39 is 0 Å². The van der Waals surface area contributed by atoms with Gasteiger partial charge in [-0.1, -0.05) is 0 Å². The second-order valence-electron chi connectivity index (χ2n) is 4.10. The maximum absolute atomic E-state index is 11.7. The highest BCUT2D eigenvalue weighted by Crippen LogP contribution is 2.01. The lowest BCUT2D eigenvalue weighted by molar-refractivity contribution is -0.132. The molecule has 1 aromatic rings. The van der Waals surface area contributed by atoms with E-state index in [1.54, 1.807) is 17.0 Å². The van der Waals surface area contributed by atoms with E-state index >= 15 is 0 Å². The van der Waals surface area contributed by atoms with Gasteiger partial charge in [0, 0.05) is 18.8 Å². The molecule has 0 saturated heterocycles. The number of hydrogen-bond donors (Lipinski definition) is 2. The Balaban J connectivity index is 2.39. The van der Waals surface area contributed by atoms with Crippen molar-refractivity contribution in [2.45, 2.75) is 20.3 Å². The number of nitrogens with two attached hydrogens (primary N) is 1. The SMILES string of the molecule is CCN(CC)C(=O)CNC(=O)Cc1ccc(N)cn1. The first kappa shape index (κ1) is 14.9. The van der Waals surface area contributed by atoms with Crippen molar-refractivity contribution >= 4 is 17.5 Å². The molecule has 0 aliphatic rings. The molecule has 6 heteroatoms. The van der Waals surface area contributed by atoms with Crippen LogP contribution in [-0.2, 0) is 16.0 Å². The molecule has 2 amide bonds. The molecule has 104 valence electrons. The molecule has 0 aliphatic heterocycles. The average Bonchev–Trinajstić information content (AvgIpc) is 2.40. The fourth-order valence-electron chi connectivity index (χ4n) is 1.63. The molecule has 1 aromatic heterocycles. The van der Waals surface area contributed by atoms with Gasteiger partial charge in [0.1, 0.15) is 0 Å². The predicted molar refractivity (Wildman–Crippen MR) is 73.3 cm³/mol. The molecule has 0 atom stereocenters. The van der Waals surface area contributed by atoms with Crippen molar-refractivity contribution in [2.75, 3.05) is 25.4 Å². The van der Waals surface area contributed by atoms with E-state index in [9.17, 15) is 9.59 Å². The van der Waals surface area contributed by atoms with Crippen LogP contribution < -0.4 is 11.1 Å². The highest BCUT2D eigenvalue weighted by Gasteiger charge is 2.11. The van der Waals surface area contributed by atoms with Crippen molar-refractivity contribution in [1.29, 1.82) is 0 Å². The smallest absolute Gasteiger partial charge is 0.241 e. The summed E-state index contributed by atoms with van der Waals surface area (Å²) in [5.74, 6) is -0.304. The van der Waals surface area contributed by atoms with Gasteiger partial charge in [0.2, 0.25) is 11.8 Å². The molecule has 0 saturated carbocycles. The Morgan fingerprint density at radius 2 is 2.00 bits per heavy atom. The van der Waals surface area contributed by atoms with Crippen molar-refractivity contribution in [3.05, 3.63) is 24.0 Å². The van der Waals surface area contributed by atoms with E-state index in [-0.39, 0.29) is 24.8 Å². The summed E-state index contributed by atoms with van der Waals surface area (Å²) in [6.45, 7) is 5.12. The highest BCUT2D eigenvalue weighted by molar-refractivity contribution is 5.85. The van der Waals surface area contributed by atoms with Gasteiger partial charge in [-0.25, -0.2) is 0 Å². The van der Waals surface area contributed by atoms with E-state index in [0.29, 0.717) is 24.5 Å². The third-order valence-electron chi connectivity index (χ3n) is 2.74. The third kappa shape index (κ3) is 4.95. The lowest BCUT2D eigenvalue weighted by atomic mass is 10.2. The van der Waals surface area contributed by atoms with Gasteiger partial charge in [-0.05, 0) is 26.0 Å². The number of hydrogen-bond acceptors (Lipinski definition) is 4. The average molecular weight is 264 g/mol. The quantitative estimate of drug-likeness (QED) is 0.767. The van der Waals surface area contributed by atoms with Gasteiger partial charge in [-0.15, -0.1) is 0 Å². The maximum atomic E-state index is 11.7. The number of likely N-dealkylation sites (N-methyl/N-ethyl adjacent to an activating group) is 1. The molecule has 3 N–H and O–H groups in total. The first-order valence-electron chi connectivity index (χ1n) is 6.31. The van der Waals surface area contributed by atoms with Crippen LogP contribution in [0.4, 0.5) is 5.69 Å². The predicted octanol–water partition coefficient (Wildman–Crippen LogP) is 0.191. The Kier molecular flexibility index (Phi) is 5.78. The normalized spacial score (nSPS) is 10.0. The summed E-state index contributed by atoms with van der Waals surface area (Å²) in [4.78, 5) is 29.0. The molecule has 6 nitrogen and oxygen atoms in total. The topological polar surface area (TPSA) is 88.3 Å². The minimum absolute atomic E-state index is 0.0233. The molecule has 0 aromatic carbocycles. The Hall–Kier alpha value is -2.11. The third-order valence-corrected chi connectivity index (χ3v) is 2.74. The summed E-state index contributed by atoms with van der Waals surface area (Å²) in [7, 11) is 0. The fraction of sp³-hybridized carbons (Fsp3) is 0.462. The summed E-state index contributed by atoms with van der Waals surface area (Å²) in [5, 5.41) is 2.59. The number of nitrogens with one attached hydrogen (secondary N) is 1. The highest BCUT2D eigenvalue weighted by atomic mass is 16.2. The Morgan fingerprint density at radius 3 is 2.53 bits per heavy atom. The van der Waals surface area contributed by atoms with Gasteiger partial charge >= 0.3 is 0 Å². The van der Waals surface area contributed by atoms with Gasteiger partial charge in [0.15, 0.2) is 0 Å². The Bertz CT molecular complexity index is 427. The number of aromatic nitrogens is 1. The monoisotopic (exact) mass is 264 g/mol. The van der Waals surface area contributed by atoms with Crippen LogP contribution in [0.25, 0.3) is 0 Å². The molecule has 0 aliphatic carbocycles. The van der Waals surface area contributed by atoms with E-state index in [1.807, 2.05) is 13.8 Å². The van der Waals surface area contributed by atoms with E-state index in [4.69, 9.17) is 5.73 Å². The zero-order valence-corrected chi connectivity index (χ0v) is 11.3. The van der Waals surface area contributed by atoms with Gasteiger partial charge in [0.05, 0.1) is 24.8 Å². The van der Waals surface area contributed by atoms with Crippen LogP contribution >= 0.6 is 0 Å². The van der Waals surface area contributed by atoms with Crippen molar-refractivity contribution in [1.82, 2.24) is 15.2 Å². The summed E-state index contributed by atoms with van der Waals surface area (Å²) in [6.07, 6.45) is 1.65. The van der Waals surface area contributed by atoms with E-state index in [1.165, 1.54) is 6.20 Å². The zero-order chi connectivity index (χ0) is 14.3. The van der Waals surface area contributed by atoms with Crippen LogP contribution in [-0.4, -0.2) is 41.3 Å². The lowest BCUT2D eigenvalue weighted by Gasteiger charge is -2.18. The van der Waals surface area contributed by atoms with Crippen molar-refractivity contribution < 1.29 is 9.59 Å². The van der Waals surface area contributed by atoms with Crippen LogP contribution in [0.2, 0.25) is 0 Å². The Labute approximate surface area is 113 Å². The fourth-order valence-corrected chi connectivity index (χ4v) is 1.63. The summed E-state index contributed by atoms with van der Waals surface area (Å²) < 4.78 is 0. The second-order valence-corrected chi connectivity index (χ2v) is 4.10. The van der Waals surface area contributed by atoms with Crippen molar-refractivity contribution in [2.24, 2.45) is 0 Å². The van der Waals surface area contributed by atoms with Crippen LogP contribution in [0.5, 0.6) is 0 Å². The number of anilines is 1. The number of pyridine rings is 1. The molecular formula is C13H20N4O2. The number of carbonyl (C=O) groups is 2. The summed E-state index contributed by atoms with van der Waals surface area (Å²) in [5.41, 5.74) is 6.69. The van der Waals surface area contributed by atoms with Crippen LogP contribution in [0, 0.1) is 0 Å². The molecule has 0 unspecified atom stereocenters. The molecular weight excluding hydrogens is 244 g/mol. The number of carbonyl (C=O) groups excluding carboxylic acids is 2. The number of rotatable bonds is 6. The van der Waals surface area contributed by atoms with Gasteiger partial charge in [-0.2, -0.15) is 0 Å². The van der Waals surface area contributed by atoms with Crippen LogP contribution in [0.1, 0.15) is 19.5 Å². The standard InChI is InChI=1S/C13H20N4O2/c1-3-17(4-2)13(19)9-16-12(18)7-11-6-5-10(14)8-15-11/h5-6,8H,3-4,7,9,14H2,1-2H3,(H,16,18). The molecule has 0 radical (unpaired) electrons. The van der Waals surface area contributed by atoms with E-state index in [2.05, 4.69) is 10.3 Å². The first-order chi connectivity index (χ1) is 9.06. The van der Waals surface area contributed by atoms with Gasteiger partial charge in [0.25, 0.3) is 0 Å². The lowest BCUT2D eigenvalue weighted by Crippen LogP contribution is -2.40. The van der Waals surface area contributed by atoms with Gasteiger partial charge in [-0.3, -0.25) is 14.6 Å². The number of nitrogen functional groups attached to an aromatic ring is 1. The van der Waals surface area contributed by atoms with Crippen molar-refractivity contribution in [3.63, 3.8) is 0 Å². The Morgan fingerprint density at radius 1 is 1.32 bits per heavy atom. The second kappa shape index (κ2) is 7.35. The van der Waals surface area contributed by atoms with Crippen molar-refractivity contribution in [3.8, 4) is 0 Å². The number of nitrogens with zero attached hydrogens (tertiary/aromatic N) is 2. The number of amides is 2. The molecule has 19 heavy (non-hydrogen) atoms. The molecule has 0 fully saturated rings. The minimum Gasteiger partial charge on any atom is -0.397 e.